The molecule has 0 saturated carbocycles. The van der Waals surface area contributed by atoms with Gasteiger partial charge in [-0.3, -0.25) is 19.6 Å². The second kappa shape index (κ2) is 2.57. The van der Waals surface area contributed by atoms with E-state index in [1.165, 1.54) is 40.0 Å². The highest BCUT2D eigenvalue weighted by Gasteiger charge is 2.36. The molecule has 4 nitrogen and oxygen atoms in total. The van der Waals surface area contributed by atoms with Crippen molar-refractivity contribution in [1.82, 2.24) is 19.6 Å². The zero-order chi connectivity index (χ0) is 6.55. The lowest BCUT2D eigenvalue weighted by Gasteiger charge is -2.56. The molecule has 4 fully saturated rings. The summed E-state index contributed by atoms with van der Waals surface area (Å²) in [5.74, 6) is 0. The minimum atomic E-state index is 0. The van der Waals surface area contributed by atoms with E-state index in [2.05, 4.69) is 19.6 Å². The standard InChI is InChI=1S/C6H12N4.ClH/c1-7-2-9-4-8(1)5-10(3-7)6-9;/h1-6H2;1H. The van der Waals surface area contributed by atoms with Crippen LogP contribution in [0.3, 0.4) is 0 Å². The maximum absolute atomic E-state index is 2.47. The number of hydrogen-bond acceptors (Lipinski definition) is 4. The molecule has 0 radical (unpaired) electrons. The Morgan fingerprint density at radius 1 is 0.455 bits per heavy atom. The molecule has 4 saturated heterocycles. The van der Waals surface area contributed by atoms with E-state index in [0.29, 0.717) is 0 Å². The van der Waals surface area contributed by atoms with Crippen molar-refractivity contribution in [3.8, 4) is 0 Å². The molecule has 0 aromatic carbocycles. The van der Waals surface area contributed by atoms with Crippen LogP contribution in [0.4, 0.5) is 0 Å². The van der Waals surface area contributed by atoms with Crippen LogP contribution in [0.15, 0.2) is 0 Å². The molecule has 64 valence electrons. The molecule has 0 aromatic heterocycles. The molecule has 4 aliphatic heterocycles. The van der Waals surface area contributed by atoms with Crippen LogP contribution in [0.2, 0.25) is 0 Å². The van der Waals surface area contributed by atoms with Crippen molar-refractivity contribution < 1.29 is 0 Å². The number of halogens is 1. The minimum Gasteiger partial charge on any atom is -0.264 e. The van der Waals surface area contributed by atoms with Crippen LogP contribution in [0.1, 0.15) is 0 Å². The monoisotopic (exact) mass is 176 g/mol. The van der Waals surface area contributed by atoms with Crippen molar-refractivity contribution in [3.05, 3.63) is 0 Å². The lowest BCUT2D eigenvalue weighted by atomic mass is 10.4. The summed E-state index contributed by atoms with van der Waals surface area (Å²) in [5.41, 5.74) is 0. The summed E-state index contributed by atoms with van der Waals surface area (Å²) in [6.07, 6.45) is 0. The highest BCUT2D eigenvalue weighted by Crippen LogP contribution is 2.20. The summed E-state index contributed by atoms with van der Waals surface area (Å²) in [5, 5.41) is 0. The van der Waals surface area contributed by atoms with Crippen LogP contribution < -0.4 is 0 Å². The van der Waals surface area contributed by atoms with Gasteiger partial charge in [0.15, 0.2) is 0 Å². The highest BCUT2D eigenvalue weighted by molar-refractivity contribution is 5.85. The van der Waals surface area contributed by atoms with E-state index in [1.807, 2.05) is 0 Å². The topological polar surface area (TPSA) is 13.0 Å². The SMILES string of the molecule is C1N2CN3CN1CN(C2)C3.Cl. The molecule has 0 spiro atoms. The largest absolute Gasteiger partial charge is 0.264 e. The van der Waals surface area contributed by atoms with Gasteiger partial charge in [0.2, 0.25) is 0 Å². The van der Waals surface area contributed by atoms with Gasteiger partial charge in [-0.1, -0.05) is 0 Å². The van der Waals surface area contributed by atoms with Crippen LogP contribution in [-0.4, -0.2) is 59.6 Å². The van der Waals surface area contributed by atoms with Crippen LogP contribution in [0.25, 0.3) is 0 Å². The van der Waals surface area contributed by atoms with Gasteiger partial charge in [0, 0.05) is 0 Å². The Kier molecular flexibility index (Phi) is 1.81. The van der Waals surface area contributed by atoms with Gasteiger partial charge in [0.1, 0.15) is 0 Å². The van der Waals surface area contributed by atoms with Gasteiger partial charge >= 0.3 is 0 Å². The normalized spacial score (nSPS) is 52.4. The third kappa shape index (κ3) is 1.15. The Morgan fingerprint density at radius 3 is 0.818 bits per heavy atom. The minimum absolute atomic E-state index is 0. The molecular weight excluding hydrogens is 164 g/mol. The summed E-state index contributed by atoms with van der Waals surface area (Å²) >= 11 is 0. The Morgan fingerprint density at radius 2 is 0.636 bits per heavy atom. The smallest absolute Gasteiger partial charge is 0.0555 e. The summed E-state index contributed by atoms with van der Waals surface area (Å²) < 4.78 is 0. The van der Waals surface area contributed by atoms with Crippen molar-refractivity contribution in [3.63, 3.8) is 0 Å². The Labute approximate surface area is 72.7 Å². The van der Waals surface area contributed by atoms with Crippen molar-refractivity contribution in [2.75, 3.05) is 40.0 Å². The average molecular weight is 177 g/mol. The first-order valence-electron chi connectivity index (χ1n) is 3.79. The molecule has 0 N–H and O–H groups in total. The summed E-state index contributed by atoms with van der Waals surface area (Å²) in [4.78, 5) is 9.88. The summed E-state index contributed by atoms with van der Waals surface area (Å²) in [6.45, 7) is 7.12. The zero-order valence-electron chi connectivity index (χ0n) is 6.44. The predicted molar refractivity (Wildman–Crippen MR) is 43.8 cm³/mol. The Hall–Kier alpha value is 0.130. The first-order chi connectivity index (χ1) is 4.90. The second-order valence-corrected chi connectivity index (χ2v) is 3.53. The van der Waals surface area contributed by atoms with Crippen molar-refractivity contribution in [1.29, 1.82) is 0 Å². The van der Waals surface area contributed by atoms with Crippen molar-refractivity contribution in [2.45, 2.75) is 0 Å². The average Bonchev–Trinajstić information content (AvgIpc) is 1.82. The van der Waals surface area contributed by atoms with E-state index >= 15 is 0 Å². The third-order valence-electron chi connectivity index (χ3n) is 2.40. The van der Waals surface area contributed by atoms with Gasteiger partial charge in [0.05, 0.1) is 40.0 Å². The summed E-state index contributed by atoms with van der Waals surface area (Å²) in [7, 11) is 0. The van der Waals surface area contributed by atoms with E-state index in [9.17, 15) is 0 Å². The first-order valence-corrected chi connectivity index (χ1v) is 3.79. The fourth-order valence-corrected chi connectivity index (χ4v) is 2.23. The van der Waals surface area contributed by atoms with Gasteiger partial charge in [-0.25, -0.2) is 0 Å². The molecule has 0 unspecified atom stereocenters. The van der Waals surface area contributed by atoms with E-state index < -0.39 is 0 Å². The van der Waals surface area contributed by atoms with Gasteiger partial charge in [-0.15, -0.1) is 12.4 Å². The number of hydrogen-bond donors (Lipinski definition) is 0. The number of rotatable bonds is 0. The van der Waals surface area contributed by atoms with Gasteiger partial charge in [0.25, 0.3) is 0 Å². The van der Waals surface area contributed by atoms with Crippen LogP contribution in [0, 0.1) is 0 Å². The predicted octanol–water partition coefficient (Wildman–Crippen LogP) is -0.598. The molecular formula is C6H13ClN4. The zero-order valence-corrected chi connectivity index (χ0v) is 7.26. The lowest BCUT2D eigenvalue weighted by Crippen LogP contribution is -2.71. The van der Waals surface area contributed by atoms with Gasteiger partial charge in [-0.2, -0.15) is 0 Å². The maximum atomic E-state index is 2.47. The molecule has 4 rings (SSSR count). The molecule has 4 heterocycles. The Balaban J connectivity index is 0.000000480. The fourth-order valence-electron chi connectivity index (χ4n) is 2.23. The van der Waals surface area contributed by atoms with E-state index in [4.69, 9.17) is 0 Å². The first kappa shape index (κ1) is 7.76. The van der Waals surface area contributed by atoms with Crippen LogP contribution in [0.5, 0.6) is 0 Å². The Bertz CT molecular complexity index is 106. The van der Waals surface area contributed by atoms with Crippen LogP contribution in [-0.2, 0) is 0 Å². The third-order valence-corrected chi connectivity index (χ3v) is 2.40. The van der Waals surface area contributed by atoms with Crippen LogP contribution >= 0.6 is 12.4 Å². The van der Waals surface area contributed by atoms with Gasteiger partial charge < -0.3 is 0 Å². The van der Waals surface area contributed by atoms with E-state index in [-0.39, 0.29) is 12.4 Å². The van der Waals surface area contributed by atoms with E-state index in [1.54, 1.807) is 0 Å². The molecule has 5 heteroatoms. The molecule has 0 aromatic rings. The van der Waals surface area contributed by atoms with Gasteiger partial charge in [-0.05, 0) is 0 Å². The molecule has 4 bridgehead atoms. The molecule has 0 atom stereocenters. The maximum Gasteiger partial charge on any atom is 0.0555 e. The molecule has 11 heavy (non-hydrogen) atoms. The quantitative estimate of drug-likeness (QED) is 0.489. The fraction of sp³-hybridized carbons (Fsp3) is 1.00. The second-order valence-electron chi connectivity index (χ2n) is 3.53. The highest BCUT2D eigenvalue weighted by atomic mass is 35.5. The molecule has 0 amide bonds. The number of nitrogens with zero attached hydrogens (tertiary/aromatic N) is 4. The lowest BCUT2D eigenvalue weighted by molar-refractivity contribution is -0.194. The molecule has 0 aliphatic carbocycles. The molecule has 4 aliphatic rings. The van der Waals surface area contributed by atoms with E-state index in [0.717, 1.165) is 0 Å². The van der Waals surface area contributed by atoms with Crippen molar-refractivity contribution >= 4 is 12.4 Å². The summed E-state index contributed by atoms with van der Waals surface area (Å²) in [6, 6.07) is 0. The van der Waals surface area contributed by atoms with Crippen molar-refractivity contribution in [2.24, 2.45) is 0 Å².